The van der Waals surface area contributed by atoms with Gasteiger partial charge in [0.1, 0.15) is 0 Å². The number of aliphatic hydroxyl groups excluding tert-OH is 1. The molecule has 3 heteroatoms. The summed E-state index contributed by atoms with van der Waals surface area (Å²) >= 11 is 0. The Bertz CT molecular complexity index is 299. The maximum absolute atomic E-state index is 9.57. The summed E-state index contributed by atoms with van der Waals surface area (Å²) < 4.78 is 4.91. The van der Waals surface area contributed by atoms with Crippen molar-refractivity contribution in [3.05, 3.63) is 35.4 Å². The standard InChI is InChI=1S/C12H17O2Si/c1-9-4-3-5-11(6-9)7-12(8-14-15)10(2)13/h3-6,10,12-13H,7-8H2,1-2H3. The van der Waals surface area contributed by atoms with E-state index in [0.29, 0.717) is 6.61 Å². The van der Waals surface area contributed by atoms with Crippen LogP contribution in [0.5, 0.6) is 0 Å². The van der Waals surface area contributed by atoms with Gasteiger partial charge >= 0.3 is 0 Å². The van der Waals surface area contributed by atoms with E-state index >= 15 is 0 Å². The largest absolute Gasteiger partial charge is 0.418 e. The molecular formula is C12H17O2Si. The first-order valence-corrected chi connectivity index (χ1v) is 5.56. The lowest BCUT2D eigenvalue weighted by atomic mass is 9.95. The lowest BCUT2D eigenvalue weighted by Crippen LogP contribution is -2.24. The summed E-state index contributed by atoms with van der Waals surface area (Å²) in [5, 5.41) is 9.57. The van der Waals surface area contributed by atoms with Gasteiger partial charge in [-0.3, -0.25) is 0 Å². The van der Waals surface area contributed by atoms with E-state index in [1.807, 2.05) is 6.07 Å². The van der Waals surface area contributed by atoms with E-state index in [4.69, 9.17) is 4.43 Å². The molecule has 2 atom stereocenters. The Kier molecular flexibility index (Phi) is 5.01. The Labute approximate surface area is 94.8 Å². The summed E-state index contributed by atoms with van der Waals surface area (Å²) in [6.07, 6.45) is 0.478. The van der Waals surface area contributed by atoms with Crippen LogP contribution in [0.1, 0.15) is 18.1 Å². The van der Waals surface area contributed by atoms with Crippen LogP contribution in [0.3, 0.4) is 0 Å². The summed E-state index contributed by atoms with van der Waals surface area (Å²) in [5.74, 6) is 0.129. The Morgan fingerprint density at radius 1 is 1.47 bits per heavy atom. The van der Waals surface area contributed by atoms with Crippen molar-refractivity contribution in [2.75, 3.05) is 6.61 Å². The Morgan fingerprint density at radius 3 is 2.73 bits per heavy atom. The van der Waals surface area contributed by atoms with Crippen molar-refractivity contribution in [3.63, 3.8) is 0 Å². The molecule has 1 N–H and O–H groups in total. The maximum Gasteiger partial charge on any atom is 0.246 e. The van der Waals surface area contributed by atoms with Crippen molar-refractivity contribution in [1.29, 1.82) is 0 Å². The highest BCUT2D eigenvalue weighted by Crippen LogP contribution is 2.14. The van der Waals surface area contributed by atoms with E-state index in [-0.39, 0.29) is 12.0 Å². The van der Waals surface area contributed by atoms with Gasteiger partial charge in [0.15, 0.2) is 0 Å². The van der Waals surface area contributed by atoms with Crippen LogP contribution in [0.15, 0.2) is 24.3 Å². The minimum Gasteiger partial charge on any atom is -0.418 e. The zero-order valence-corrected chi connectivity index (χ0v) is 10.2. The fourth-order valence-corrected chi connectivity index (χ4v) is 1.83. The van der Waals surface area contributed by atoms with Gasteiger partial charge in [-0.2, -0.15) is 0 Å². The molecule has 0 heterocycles. The molecule has 2 unspecified atom stereocenters. The minimum absolute atomic E-state index is 0.129. The van der Waals surface area contributed by atoms with Crippen LogP contribution in [-0.4, -0.2) is 28.3 Å². The number of benzene rings is 1. The molecule has 1 aromatic rings. The molecule has 1 rings (SSSR count). The zero-order chi connectivity index (χ0) is 11.3. The average Bonchev–Trinajstić information content (AvgIpc) is 2.17. The van der Waals surface area contributed by atoms with Crippen LogP contribution in [-0.2, 0) is 10.8 Å². The van der Waals surface area contributed by atoms with Crippen molar-refractivity contribution in [2.45, 2.75) is 26.4 Å². The molecule has 0 aromatic heterocycles. The molecule has 0 aliphatic heterocycles. The van der Waals surface area contributed by atoms with Gasteiger partial charge in [0.2, 0.25) is 10.5 Å². The van der Waals surface area contributed by atoms with E-state index in [9.17, 15) is 5.11 Å². The van der Waals surface area contributed by atoms with Gasteiger partial charge in [0.25, 0.3) is 0 Å². The van der Waals surface area contributed by atoms with Gasteiger partial charge in [-0.1, -0.05) is 29.8 Å². The second-order valence-corrected chi connectivity index (χ2v) is 4.29. The van der Waals surface area contributed by atoms with Gasteiger partial charge in [-0.25, -0.2) is 0 Å². The van der Waals surface area contributed by atoms with Gasteiger partial charge in [-0.05, 0) is 25.8 Å². The summed E-state index contributed by atoms with van der Waals surface area (Å²) in [6, 6.07) is 8.33. The van der Waals surface area contributed by atoms with E-state index in [1.54, 1.807) is 6.92 Å². The first kappa shape index (κ1) is 12.4. The smallest absolute Gasteiger partial charge is 0.246 e. The molecule has 0 fully saturated rings. The molecule has 0 bridgehead atoms. The Morgan fingerprint density at radius 2 is 2.20 bits per heavy atom. The molecule has 3 radical (unpaired) electrons. The third-order valence-electron chi connectivity index (χ3n) is 2.56. The molecule has 0 aliphatic rings. The molecule has 2 nitrogen and oxygen atoms in total. The van der Waals surface area contributed by atoms with Crippen molar-refractivity contribution in [3.8, 4) is 0 Å². The normalized spacial score (nSPS) is 14.9. The SMILES string of the molecule is Cc1cccc(CC(CO[Si])C(C)O)c1. The third-order valence-corrected chi connectivity index (χ3v) is 2.73. The van der Waals surface area contributed by atoms with Crippen LogP contribution in [0.2, 0.25) is 0 Å². The first-order chi connectivity index (χ1) is 7.13. The molecule has 15 heavy (non-hydrogen) atoms. The first-order valence-electron chi connectivity index (χ1n) is 5.15. The van der Waals surface area contributed by atoms with Gasteiger partial charge in [0.05, 0.1) is 6.10 Å². The van der Waals surface area contributed by atoms with E-state index in [0.717, 1.165) is 6.42 Å². The summed E-state index contributed by atoms with van der Waals surface area (Å²) in [5.41, 5.74) is 2.49. The lowest BCUT2D eigenvalue weighted by Gasteiger charge is -2.19. The quantitative estimate of drug-likeness (QED) is 0.766. The Balaban J connectivity index is 2.65. The number of aliphatic hydroxyl groups is 1. The summed E-state index contributed by atoms with van der Waals surface area (Å²) in [6.45, 7) is 4.38. The number of aryl methyl sites for hydroxylation is 1. The summed E-state index contributed by atoms with van der Waals surface area (Å²) in [7, 11) is 2.98. The monoisotopic (exact) mass is 221 g/mol. The van der Waals surface area contributed by atoms with Gasteiger partial charge in [-0.15, -0.1) is 0 Å². The van der Waals surface area contributed by atoms with E-state index in [1.165, 1.54) is 11.1 Å². The number of rotatable bonds is 5. The second-order valence-electron chi connectivity index (χ2n) is 4.00. The second kappa shape index (κ2) is 6.05. The number of hydrogen-bond acceptors (Lipinski definition) is 2. The highest BCUT2D eigenvalue weighted by molar-refractivity contribution is 5.97. The van der Waals surface area contributed by atoms with E-state index < -0.39 is 0 Å². The van der Waals surface area contributed by atoms with Crippen LogP contribution in [0.25, 0.3) is 0 Å². The maximum atomic E-state index is 9.57. The van der Waals surface area contributed by atoms with Crippen LogP contribution in [0, 0.1) is 12.8 Å². The van der Waals surface area contributed by atoms with E-state index in [2.05, 4.69) is 35.6 Å². The molecule has 0 amide bonds. The zero-order valence-electron chi connectivity index (χ0n) is 9.23. The Hall–Kier alpha value is -0.643. The molecule has 1 aromatic carbocycles. The lowest BCUT2D eigenvalue weighted by molar-refractivity contribution is 0.0920. The molecule has 0 aliphatic carbocycles. The predicted octanol–water partition coefficient (Wildman–Crippen LogP) is 1.63. The van der Waals surface area contributed by atoms with Gasteiger partial charge < -0.3 is 9.53 Å². The fraction of sp³-hybridized carbons (Fsp3) is 0.500. The fourth-order valence-electron chi connectivity index (χ4n) is 1.62. The molecule has 0 spiro atoms. The third kappa shape index (κ3) is 4.16. The van der Waals surface area contributed by atoms with Crippen LogP contribution < -0.4 is 0 Å². The van der Waals surface area contributed by atoms with Gasteiger partial charge in [0, 0.05) is 12.5 Å². The molecule has 81 valence electrons. The summed E-state index contributed by atoms with van der Waals surface area (Å²) in [4.78, 5) is 0. The molecular weight excluding hydrogens is 204 g/mol. The van der Waals surface area contributed by atoms with Crippen molar-refractivity contribution < 1.29 is 9.53 Å². The molecule has 0 saturated heterocycles. The average molecular weight is 221 g/mol. The highest BCUT2D eigenvalue weighted by Gasteiger charge is 2.15. The molecule has 0 saturated carbocycles. The van der Waals surface area contributed by atoms with Crippen LogP contribution >= 0.6 is 0 Å². The topological polar surface area (TPSA) is 29.5 Å². The van der Waals surface area contributed by atoms with Crippen molar-refractivity contribution >= 4 is 10.5 Å². The number of hydrogen-bond donors (Lipinski definition) is 1. The highest BCUT2D eigenvalue weighted by atomic mass is 28.2. The minimum atomic E-state index is -0.359. The van der Waals surface area contributed by atoms with Crippen LogP contribution in [0.4, 0.5) is 0 Å². The van der Waals surface area contributed by atoms with Crippen molar-refractivity contribution in [2.24, 2.45) is 5.92 Å². The van der Waals surface area contributed by atoms with Crippen molar-refractivity contribution in [1.82, 2.24) is 0 Å². The predicted molar refractivity (Wildman–Crippen MR) is 61.8 cm³/mol.